The highest BCUT2D eigenvalue weighted by Crippen LogP contribution is 1.84. The normalized spacial score (nSPS) is 12.4. The van der Waals surface area contributed by atoms with E-state index in [1.54, 1.807) is 0 Å². The van der Waals surface area contributed by atoms with Crippen LogP contribution in [0.1, 0.15) is 0 Å². The molecule has 0 aliphatic heterocycles. The Morgan fingerprint density at radius 2 is 2.11 bits per heavy atom. The fourth-order valence-corrected chi connectivity index (χ4v) is 0.449. The van der Waals surface area contributed by atoms with Gasteiger partial charge in [0.15, 0.2) is 0 Å². The van der Waals surface area contributed by atoms with E-state index in [4.69, 9.17) is 5.11 Å². The van der Waals surface area contributed by atoms with Gasteiger partial charge in [0.1, 0.15) is 0 Å². The molecule has 1 N–H and O–H groups in total. The maximum Gasteiger partial charge on any atom is 0.0845 e. The molecule has 0 aromatic carbocycles. The molecule has 0 aromatic rings. The Hall–Kier alpha value is -0.0500. The lowest BCUT2D eigenvalue weighted by Crippen LogP contribution is -2.23. The Labute approximate surface area is 62.6 Å². The third kappa shape index (κ3) is 7.95. The fraction of sp³-hybridized carbons (Fsp3) is 0.667. The number of likely N-dealkylation sites (N-methyl/N-ethyl adjacent to an activating group) is 1. The lowest BCUT2D eigenvalue weighted by molar-refractivity contribution is 0.178. The van der Waals surface area contributed by atoms with Crippen LogP contribution in [-0.4, -0.2) is 36.8 Å². The molecule has 3 heteroatoms. The Balaban J connectivity index is 0. The topological polar surface area (TPSA) is 23.5 Å². The Morgan fingerprint density at radius 3 is 2.22 bits per heavy atom. The Bertz CT molecular complexity index is 75.5. The van der Waals surface area contributed by atoms with Crippen LogP contribution in [0.25, 0.3) is 0 Å². The average Bonchev–Trinajstić information content (AvgIpc) is 1.65. The van der Waals surface area contributed by atoms with Crippen molar-refractivity contribution in [2.24, 2.45) is 0 Å². The Kier molecular flexibility index (Phi) is 7.91. The first-order chi connectivity index (χ1) is 3.66. The lowest BCUT2D eigenvalue weighted by Gasteiger charge is -2.11. The molecule has 2 nitrogen and oxygen atoms in total. The van der Waals surface area contributed by atoms with Crippen LogP contribution in [0.4, 0.5) is 0 Å². The molecule has 0 saturated heterocycles. The van der Waals surface area contributed by atoms with Gasteiger partial charge in [-0.1, -0.05) is 6.08 Å². The average molecular weight is 152 g/mol. The van der Waals surface area contributed by atoms with E-state index in [1.165, 1.54) is 6.08 Å². The van der Waals surface area contributed by atoms with Gasteiger partial charge in [-0.15, -0.1) is 19.0 Å². The fourth-order valence-electron chi connectivity index (χ4n) is 0.449. The third-order valence-corrected chi connectivity index (χ3v) is 0.824. The van der Waals surface area contributed by atoms with Gasteiger partial charge >= 0.3 is 0 Å². The van der Waals surface area contributed by atoms with Gasteiger partial charge in [0.2, 0.25) is 0 Å². The maximum atomic E-state index is 8.87. The van der Waals surface area contributed by atoms with E-state index in [-0.39, 0.29) is 18.5 Å². The van der Waals surface area contributed by atoms with Gasteiger partial charge < -0.3 is 10.0 Å². The molecule has 1 unspecified atom stereocenters. The van der Waals surface area contributed by atoms with Crippen molar-refractivity contribution in [3.05, 3.63) is 12.7 Å². The zero-order valence-corrected chi connectivity index (χ0v) is 6.69. The molecule has 0 saturated carbocycles. The maximum absolute atomic E-state index is 8.87. The highest BCUT2D eigenvalue weighted by Gasteiger charge is 1.96. The highest BCUT2D eigenvalue weighted by molar-refractivity contribution is 5.85. The van der Waals surface area contributed by atoms with Crippen molar-refractivity contribution in [3.8, 4) is 0 Å². The van der Waals surface area contributed by atoms with Crippen molar-refractivity contribution < 1.29 is 5.11 Å². The first kappa shape index (κ1) is 11.7. The van der Waals surface area contributed by atoms with Gasteiger partial charge in [-0.05, 0) is 14.1 Å². The van der Waals surface area contributed by atoms with Gasteiger partial charge in [-0.25, -0.2) is 0 Å². The van der Waals surface area contributed by atoms with Gasteiger partial charge in [-0.2, -0.15) is 0 Å². The molecule has 0 aromatic heterocycles. The summed E-state index contributed by atoms with van der Waals surface area (Å²) in [6.45, 7) is 4.09. The van der Waals surface area contributed by atoms with Gasteiger partial charge in [0, 0.05) is 6.54 Å². The van der Waals surface area contributed by atoms with Crippen LogP contribution in [0.5, 0.6) is 0 Å². The second-order valence-electron chi connectivity index (χ2n) is 2.07. The van der Waals surface area contributed by atoms with Crippen LogP contribution in [0.3, 0.4) is 0 Å². The standard InChI is InChI=1S/C6H13NO.ClH/c1-4-6(8)5-7(2)3;/h4,6,8H,1,5H2,2-3H3;1H. The van der Waals surface area contributed by atoms with Gasteiger partial charge in [0.05, 0.1) is 6.10 Å². The molecule has 0 heterocycles. The Morgan fingerprint density at radius 1 is 1.67 bits per heavy atom. The summed E-state index contributed by atoms with van der Waals surface area (Å²) in [7, 11) is 3.82. The minimum absolute atomic E-state index is 0. The molecule has 0 spiro atoms. The SMILES string of the molecule is C=CC(O)CN(C)C.Cl. The van der Waals surface area contributed by atoms with E-state index in [0.717, 1.165) is 0 Å². The molecule has 0 rings (SSSR count). The van der Waals surface area contributed by atoms with E-state index in [1.807, 2.05) is 19.0 Å². The minimum atomic E-state index is -0.384. The van der Waals surface area contributed by atoms with Crippen molar-refractivity contribution in [1.29, 1.82) is 0 Å². The quantitative estimate of drug-likeness (QED) is 0.595. The summed E-state index contributed by atoms with van der Waals surface area (Å²) in [5.41, 5.74) is 0. The summed E-state index contributed by atoms with van der Waals surface area (Å²) >= 11 is 0. The van der Waals surface area contributed by atoms with E-state index in [0.29, 0.717) is 6.54 Å². The first-order valence-electron chi connectivity index (χ1n) is 2.62. The van der Waals surface area contributed by atoms with E-state index >= 15 is 0 Å². The van der Waals surface area contributed by atoms with Crippen LogP contribution in [-0.2, 0) is 0 Å². The van der Waals surface area contributed by atoms with Crippen LogP contribution in [0, 0.1) is 0 Å². The molecule has 0 amide bonds. The zero-order valence-electron chi connectivity index (χ0n) is 5.87. The molecule has 0 aliphatic rings. The molecule has 0 bridgehead atoms. The second-order valence-corrected chi connectivity index (χ2v) is 2.07. The molecule has 0 aliphatic carbocycles. The molecular formula is C6H14ClNO. The minimum Gasteiger partial charge on any atom is -0.388 e. The number of rotatable bonds is 3. The molecule has 0 fully saturated rings. The smallest absolute Gasteiger partial charge is 0.0845 e. The highest BCUT2D eigenvalue weighted by atomic mass is 35.5. The van der Waals surface area contributed by atoms with Crippen molar-refractivity contribution in [1.82, 2.24) is 4.90 Å². The summed E-state index contributed by atoms with van der Waals surface area (Å²) in [5, 5.41) is 8.87. The second kappa shape index (κ2) is 6.08. The number of hydrogen-bond donors (Lipinski definition) is 1. The van der Waals surface area contributed by atoms with Crippen molar-refractivity contribution >= 4 is 12.4 Å². The summed E-state index contributed by atoms with van der Waals surface area (Å²) in [6.07, 6.45) is 1.14. The molecule has 1 atom stereocenters. The zero-order chi connectivity index (χ0) is 6.57. The summed E-state index contributed by atoms with van der Waals surface area (Å²) in [4.78, 5) is 1.91. The number of aliphatic hydroxyl groups excluding tert-OH is 1. The van der Waals surface area contributed by atoms with Crippen molar-refractivity contribution in [2.45, 2.75) is 6.10 Å². The summed E-state index contributed by atoms with van der Waals surface area (Å²) in [5.74, 6) is 0. The van der Waals surface area contributed by atoms with Crippen LogP contribution in [0.2, 0.25) is 0 Å². The number of nitrogens with zero attached hydrogens (tertiary/aromatic N) is 1. The largest absolute Gasteiger partial charge is 0.388 e. The van der Waals surface area contributed by atoms with Crippen LogP contribution in [0.15, 0.2) is 12.7 Å². The summed E-state index contributed by atoms with van der Waals surface area (Å²) in [6, 6.07) is 0. The molecule has 0 radical (unpaired) electrons. The third-order valence-electron chi connectivity index (χ3n) is 0.824. The molecule has 56 valence electrons. The monoisotopic (exact) mass is 151 g/mol. The number of hydrogen-bond acceptors (Lipinski definition) is 2. The van der Waals surface area contributed by atoms with Crippen LogP contribution < -0.4 is 0 Å². The van der Waals surface area contributed by atoms with Crippen molar-refractivity contribution in [2.75, 3.05) is 20.6 Å². The van der Waals surface area contributed by atoms with Crippen LogP contribution >= 0.6 is 12.4 Å². The predicted molar refractivity (Wildman–Crippen MR) is 42.0 cm³/mol. The van der Waals surface area contributed by atoms with Gasteiger partial charge in [0.25, 0.3) is 0 Å². The summed E-state index contributed by atoms with van der Waals surface area (Å²) < 4.78 is 0. The van der Waals surface area contributed by atoms with E-state index in [2.05, 4.69) is 6.58 Å². The molecular weight excluding hydrogens is 138 g/mol. The van der Waals surface area contributed by atoms with Gasteiger partial charge in [-0.3, -0.25) is 0 Å². The van der Waals surface area contributed by atoms with E-state index in [9.17, 15) is 0 Å². The molecule has 9 heavy (non-hydrogen) atoms. The first-order valence-corrected chi connectivity index (χ1v) is 2.62. The predicted octanol–water partition coefficient (Wildman–Crippen LogP) is 0.517. The lowest BCUT2D eigenvalue weighted by atomic mass is 10.3. The van der Waals surface area contributed by atoms with E-state index < -0.39 is 0 Å². The number of aliphatic hydroxyl groups is 1. The van der Waals surface area contributed by atoms with Crippen molar-refractivity contribution in [3.63, 3.8) is 0 Å². The number of halogens is 1.